The Morgan fingerprint density at radius 2 is 2.40 bits per heavy atom. The highest BCUT2D eigenvalue weighted by Gasteiger charge is 2.09. The van der Waals surface area contributed by atoms with Crippen LogP contribution in [-0.2, 0) is 4.79 Å². The highest BCUT2D eigenvalue weighted by atomic mass is 32.2. The molecule has 58 valence electrons. The Labute approximate surface area is 62.1 Å². The molecule has 1 atom stereocenters. The normalized spacial score (nSPS) is 12.5. The minimum absolute atomic E-state index is 0.270. The molecule has 0 aliphatic heterocycles. The van der Waals surface area contributed by atoms with Crippen LogP contribution in [0.5, 0.6) is 0 Å². The van der Waals surface area contributed by atoms with E-state index < -0.39 is 12.0 Å². The van der Waals surface area contributed by atoms with E-state index in [1.807, 2.05) is 0 Å². The van der Waals surface area contributed by atoms with Gasteiger partial charge in [0, 0.05) is 22.3 Å². The van der Waals surface area contributed by atoms with Crippen molar-refractivity contribution >= 4 is 17.9 Å². The van der Waals surface area contributed by atoms with Crippen LogP contribution in [0.15, 0.2) is 4.58 Å². The van der Waals surface area contributed by atoms with E-state index in [4.69, 9.17) is 10.8 Å². The van der Waals surface area contributed by atoms with Gasteiger partial charge >= 0.3 is 5.97 Å². The molecule has 0 bridgehead atoms. The zero-order valence-electron chi connectivity index (χ0n) is 5.19. The molecular weight excluding hydrogens is 156 g/mol. The van der Waals surface area contributed by atoms with Gasteiger partial charge < -0.3 is 10.8 Å². The predicted molar refractivity (Wildman–Crippen MR) is 38.5 cm³/mol. The summed E-state index contributed by atoms with van der Waals surface area (Å²) in [6.07, 6.45) is 0.270. The monoisotopic (exact) mass is 164 g/mol. The molecule has 0 spiro atoms. The van der Waals surface area contributed by atoms with Gasteiger partial charge in [-0.15, -0.1) is 4.91 Å². The Morgan fingerprint density at radius 3 is 2.80 bits per heavy atom. The third kappa shape index (κ3) is 4.28. The van der Waals surface area contributed by atoms with Crippen LogP contribution in [0.3, 0.4) is 0 Å². The largest absolute Gasteiger partial charge is 0.480 e. The molecule has 10 heavy (non-hydrogen) atoms. The lowest BCUT2D eigenvalue weighted by Gasteiger charge is -2.01. The van der Waals surface area contributed by atoms with Gasteiger partial charge in [0.25, 0.3) is 0 Å². The van der Waals surface area contributed by atoms with E-state index in [0.29, 0.717) is 5.75 Å². The van der Waals surface area contributed by atoms with E-state index in [9.17, 15) is 9.70 Å². The SMILES string of the molecule is NC(CCSN=O)C(=O)O. The smallest absolute Gasteiger partial charge is 0.320 e. The quantitative estimate of drug-likeness (QED) is 0.344. The number of nitrogens with two attached hydrogens (primary N) is 1. The second-order valence-electron chi connectivity index (χ2n) is 1.64. The van der Waals surface area contributed by atoms with Gasteiger partial charge in [-0.2, -0.15) is 0 Å². The highest BCUT2D eigenvalue weighted by Crippen LogP contribution is 2.03. The molecule has 0 aromatic rings. The molecule has 0 amide bonds. The number of aliphatic carboxylic acids is 1. The Kier molecular flexibility index (Phi) is 4.87. The first-order chi connectivity index (χ1) is 4.68. The summed E-state index contributed by atoms with van der Waals surface area (Å²) in [7, 11) is 0. The number of nitroso groups, excluding NO2 is 1. The van der Waals surface area contributed by atoms with Crippen molar-refractivity contribution in [2.45, 2.75) is 12.5 Å². The lowest BCUT2D eigenvalue weighted by Crippen LogP contribution is -2.30. The highest BCUT2D eigenvalue weighted by molar-refractivity contribution is 7.97. The topological polar surface area (TPSA) is 92.8 Å². The van der Waals surface area contributed by atoms with E-state index in [2.05, 4.69) is 4.58 Å². The van der Waals surface area contributed by atoms with Crippen molar-refractivity contribution in [3.8, 4) is 0 Å². The van der Waals surface area contributed by atoms with E-state index >= 15 is 0 Å². The summed E-state index contributed by atoms with van der Waals surface area (Å²) in [5.74, 6) is -0.691. The van der Waals surface area contributed by atoms with Crippen molar-refractivity contribution < 1.29 is 9.90 Å². The summed E-state index contributed by atoms with van der Waals surface area (Å²) in [6.45, 7) is 0. The maximum atomic E-state index is 10.1. The van der Waals surface area contributed by atoms with Crippen LogP contribution in [0.1, 0.15) is 6.42 Å². The van der Waals surface area contributed by atoms with E-state index in [1.54, 1.807) is 0 Å². The molecule has 0 heterocycles. The van der Waals surface area contributed by atoms with E-state index in [1.165, 1.54) is 0 Å². The molecule has 0 saturated heterocycles. The van der Waals surface area contributed by atoms with Crippen LogP contribution in [0.25, 0.3) is 0 Å². The molecular formula is C4H8N2O3S. The molecule has 0 aromatic carbocycles. The van der Waals surface area contributed by atoms with E-state index in [0.717, 1.165) is 11.9 Å². The third-order valence-corrected chi connectivity index (χ3v) is 1.41. The second-order valence-corrected chi connectivity index (χ2v) is 2.46. The van der Waals surface area contributed by atoms with Crippen molar-refractivity contribution in [1.82, 2.24) is 0 Å². The Balaban J connectivity index is 3.30. The average molecular weight is 164 g/mol. The lowest BCUT2D eigenvalue weighted by atomic mass is 10.2. The minimum atomic E-state index is -1.05. The zero-order valence-corrected chi connectivity index (χ0v) is 6.00. The molecule has 6 heteroatoms. The van der Waals surface area contributed by atoms with Crippen molar-refractivity contribution in [2.75, 3.05) is 5.75 Å². The summed E-state index contributed by atoms with van der Waals surface area (Å²) < 4.78 is 2.49. The zero-order chi connectivity index (χ0) is 7.98. The number of rotatable bonds is 5. The summed E-state index contributed by atoms with van der Waals surface area (Å²) in [6, 6.07) is -0.880. The van der Waals surface area contributed by atoms with Crippen molar-refractivity contribution in [1.29, 1.82) is 0 Å². The standard InChI is InChI=1S/C4H8N2O3S/c5-3(4(7)8)1-2-10-6-9/h3H,1-2,5H2,(H,7,8). The fraction of sp³-hybridized carbons (Fsp3) is 0.750. The fourth-order valence-corrected chi connectivity index (χ4v) is 0.774. The van der Waals surface area contributed by atoms with Gasteiger partial charge in [-0.05, 0) is 6.42 Å². The van der Waals surface area contributed by atoms with E-state index in [-0.39, 0.29) is 6.42 Å². The Hall–Kier alpha value is -0.620. The summed E-state index contributed by atoms with van der Waals surface area (Å²) >= 11 is 0.780. The summed E-state index contributed by atoms with van der Waals surface area (Å²) in [5.41, 5.74) is 5.10. The molecule has 0 rings (SSSR count). The predicted octanol–water partition coefficient (Wildman–Crippen LogP) is 0.203. The van der Waals surface area contributed by atoms with Gasteiger partial charge in [0.1, 0.15) is 6.04 Å². The Morgan fingerprint density at radius 1 is 1.80 bits per heavy atom. The van der Waals surface area contributed by atoms with Crippen molar-refractivity contribution in [3.63, 3.8) is 0 Å². The van der Waals surface area contributed by atoms with Crippen LogP contribution in [0.4, 0.5) is 0 Å². The number of carboxylic acids is 1. The molecule has 0 aromatic heterocycles. The molecule has 3 N–H and O–H groups in total. The maximum Gasteiger partial charge on any atom is 0.320 e. The third-order valence-electron chi connectivity index (χ3n) is 0.890. The van der Waals surface area contributed by atoms with Gasteiger partial charge in [0.05, 0.1) is 0 Å². The molecule has 0 radical (unpaired) electrons. The van der Waals surface area contributed by atoms with Crippen LogP contribution in [0.2, 0.25) is 0 Å². The van der Waals surface area contributed by atoms with Crippen LogP contribution in [-0.4, -0.2) is 22.9 Å². The first kappa shape index (κ1) is 9.38. The lowest BCUT2D eigenvalue weighted by molar-refractivity contribution is -0.138. The Bertz CT molecular complexity index is 130. The van der Waals surface area contributed by atoms with Crippen LogP contribution < -0.4 is 5.73 Å². The van der Waals surface area contributed by atoms with Crippen LogP contribution in [0, 0.1) is 4.91 Å². The second kappa shape index (κ2) is 5.19. The number of hydrogen-bond donors (Lipinski definition) is 2. The summed E-state index contributed by atoms with van der Waals surface area (Å²) in [5, 5.41) is 8.24. The van der Waals surface area contributed by atoms with Crippen molar-refractivity contribution in [3.05, 3.63) is 4.91 Å². The molecule has 0 saturated carbocycles. The molecule has 1 unspecified atom stereocenters. The number of carbonyl (C=O) groups is 1. The number of nitrogens with zero attached hydrogens (tertiary/aromatic N) is 1. The van der Waals surface area contributed by atoms with Crippen LogP contribution >= 0.6 is 11.9 Å². The maximum absolute atomic E-state index is 10.1. The van der Waals surface area contributed by atoms with Gasteiger partial charge in [-0.25, -0.2) is 0 Å². The van der Waals surface area contributed by atoms with Gasteiger partial charge in [-0.1, -0.05) is 0 Å². The van der Waals surface area contributed by atoms with Gasteiger partial charge in [0.2, 0.25) is 0 Å². The minimum Gasteiger partial charge on any atom is -0.480 e. The summed E-state index contributed by atoms with van der Waals surface area (Å²) in [4.78, 5) is 19.5. The van der Waals surface area contributed by atoms with Gasteiger partial charge in [0.15, 0.2) is 0 Å². The number of hydrogen-bond acceptors (Lipinski definition) is 5. The average Bonchev–Trinajstić information content (AvgIpc) is 1.88. The first-order valence-electron chi connectivity index (χ1n) is 2.61. The van der Waals surface area contributed by atoms with Crippen molar-refractivity contribution in [2.24, 2.45) is 10.3 Å². The fourth-order valence-electron chi connectivity index (χ4n) is 0.340. The van der Waals surface area contributed by atoms with Gasteiger partial charge in [-0.3, -0.25) is 4.79 Å². The molecule has 0 aliphatic rings. The first-order valence-corrected chi connectivity index (χ1v) is 3.55. The molecule has 0 fully saturated rings. The molecule has 5 nitrogen and oxygen atoms in total. The number of carboxylic acid groups (broad SMARTS) is 1. The molecule has 0 aliphatic carbocycles.